The molecule has 1 N–H and O–H groups in total. The topological polar surface area (TPSA) is 67.2 Å². The van der Waals surface area contributed by atoms with Gasteiger partial charge in [-0.25, -0.2) is 4.68 Å². The Balaban J connectivity index is 2.26. The zero-order valence-electron chi connectivity index (χ0n) is 16.5. The van der Waals surface area contributed by atoms with Gasteiger partial charge in [0, 0.05) is 30.0 Å². The molecule has 1 heterocycles. The van der Waals surface area contributed by atoms with Crippen LogP contribution in [0.2, 0.25) is 5.02 Å². The minimum absolute atomic E-state index is 0.00448. The van der Waals surface area contributed by atoms with Crippen LogP contribution in [0.1, 0.15) is 46.2 Å². The minimum Gasteiger partial charge on any atom is -0.336 e. The first kappa shape index (κ1) is 21.0. The molecule has 2 rings (SSSR count). The molecule has 0 aliphatic carbocycles. The summed E-state index contributed by atoms with van der Waals surface area (Å²) in [5.41, 5.74) is 1.47. The van der Waals surface area contributed by atoms with E-state index < -0.39 is 0 Å². The van der Waals surface area contributed by atoms with Gasteiger partial charge < -0.3 is 10.2 Å². The van der Waals surface area contributed by atoms with Gasteiger partial charge in [0.15, 0.2) is 0 Å². The Labute approximate surface area is 165 Å². The molecule has 1 aromatic heterocycles. The van der Waals surface area contributed by atoms with Crippen LogP contribution in [-0.2, 0) is 15.0 Å². The highest BCUT2D eigenvalue weighted by molar-refractivity contribution is 6.30. The molecule has 0 aliphatic rings. The first-order valence-electron chi connectivity index (χ1n) is 9.02. The van der Waals surface area contributed by atoms with Crippen molar-refractivity contribution in [1.82, 2.24) is 14.7 Å². The van der Waals surface area contributed by atoms with E-state index in [0.29, 0.717) is 17.3 Å². The Hall–Kier alpha value is -2.34. The third-order valence-corrected chi connectivity index (χ3v) is 4.34. The molecule has 0 fully saturated rings. The monoisotopic (exact) mass is 390 g/mol. The predicted octanol–water partition coefficient (Wildman–Crippen LogP) is 4.02. The number of halogens is 1. The van der Waals surface area contributed by atoms with Crippen LogP contribution in [0.3, 0.4) is 0 Å². The van der Waals surface area contributed by atoms with Crippen molar-refractivity contribution in [1.29, 1.82) is 0 Å². The van der Waals surface area contributed by atoms with Gasteiger partial charge >= 0.3 is 0 Å². The molecule has 6 nitrogen and oxygen atoms in total. The Bertz CT molecular complexity index is 806. The predicted molar refractivity (Wildman–Crippen MR) is 108 cm³/mol. The van der Waals surface area contributed by atoms with Crippen LogP contribution >= 0.6 is 11.6 Å². The van der Waals surface area contributed by atoms with Crippen LogP contribution in [-0.4, -0.2) is 40.1 Å². The number of aromatic nitrogens is 2. The summed E-state index contributed by atoms with van der Waals surface area (Å²) in [4.78, 5) is 25.8. The van der Waals surface area contributed by atoms with Gasteiger partial charge in [0.2, 0.25) is 11.8 Å². The highest BCUT2D eigenvalue weighted by Crippen LogP contribution is 2.26. The molecule has 1 aromatic carbocycles. The molecular formula is C20H27ClN4O2. The maximum Gasteiger partial charge on any atom is 0.245 e. The fourth-order valence-corrected chi connectivity index (χ4v) is 2.63. The maximum atomic E-state index is 12.5. The van der Waals surface area contributed by atoms with Gasteiger partial charge in [0.25, 0.3) is 0 Å². The molecule has 0 saturated carbocycles. The fraction of sp³-hybridized carbons (Fsp3) is 0.450. The summed E-state index contributed by atoms with van der Waals surface area (Å²) in [6, 6.07) is 9.10. The number of rotatable bonds is 6. The lowest BCUT2D eigenvalue weighted by molar-refractivity contribution is -0.133. The summed E-state index contributed by atoms with van der Waals surface area (Å²) in [6.45, 7) is 8.11. The molecule has 0 radical (unpaired) electrons. The molecule has 0 spiro atoms. The number of hydrogen-bond donors (Lipinski definition) is 1. The van der Waals surface area contributed by atoms with E-state index in [1.807, 2.05) is 25.1 Å². The van der Waals surface area contributed by atoms with Crippen LogP contribution in [0.5, 0.6) is 0 Å². The van der Waals surface area contributed by atoms with E-state index in [1.165, 1.54) is 4.90 Å². The number of amides is 2. The van der Waals surface area contributed by atoms with Crippen molar-refractivity contribution in [3.8, 4) is 5.69 Å². The number of benzene rings is 1. The van der Waals surface area contributed by atoms with Crippen LogP contribution in [0, 0.1) is 0 Å². The second kappa shape index (κ2) is 8.57. The first-order valence-corrected chi connectivity index (χ1v) is 9.40. The summed E-state index contributed by atoms with van der Waals surface area (Å²) in [5.74, 6) is 0.246. The van der Waals surface area contributed by atoms with E-state index >= 15 is 0 Å². The van der Waals surface area contributed by atoms with Crippen molar-refractivity contribution >= 4 is 29.2 Å². The zero-order valence-corrected chi connectivity index (χ0v) is 17.3. The lowest BCUT2D eigenvalue weighted by Gasteiger charge is -2.16. The van der Waals surface area contributed by atoms with Gasteiger partial charge in [-0.1, -0.05) is 39.3 Å². The number of likely N-dealkylation sites (N-methyl/N-ethyl adjacent to an activating group) is 1. The summed E-state index contributed by atoms with van der Waals surface area (Å²) < 4.78 is 1.68. The molecule has 0 unspecified atom stereocenters. The lowest BCUT2D eigenvalue weighted by atomic mass is 9.92. The number of anilines is 1. The quantitative estimate of drug-likeness (QED) is 0.809. The van der Waals surface area contributed by atoms with Crippen LogP contribution in [0.4, 0.5) is 5.82 Å². The van der Waals surface area contributed by atoms with E-state index in [2.05, 4.69) is 31.2 Å². The van der Waals surface area contributed by atoms with Gasteiger partial charge in [0.05, 0.1) is 17.9 Å². The van der Waals surface area contributed by atoms with Crippen molar-refractivity contribution in [3.05, 3.63) is 41.0 Å². The average molecular weight is 391 g/mol. The summed E-state index contributed by atoms with van der Waals surface area (Å²) in [6.07, 6.45) is 1.18. The normalized spacial score (nSPS) is 11.3. The molecule has 0 atom stereocenters. The van der Waals surface area contributed by atoms with Crippen molar-refractivity contribution in [2.45, 2.75) is 46.0 Å². The third-order valence-electron chi connectivity index (χ3n) is 4.09. The number of carbonyl (C=O) groups is 2. The minimum atomic E-state index is -0.266. The Morgan fingerprint density at radius 2 is 1.85 bits per heavy atom. The summed E-state index contributed by atoms with van der Waals surface area (Å²) in [7, 11) is 1.63. The van der Waals surface area contributed by atoms with Crippen LogP contribution < -0.4 is 5.32 Å². The van der Waals surface area contributed by atoms with E-state index in [4.69, 9.17) is 11.6 Å². The summed E-state index contributed by atoms with van der Waals surface area (Å²) in [5, 5.41) is 8.16. The van der Waals surface area contributed by atoms with Gasteiger partial charge in [-0.2, -0.15) is 5.10 Å². The fourth-order valence-electron chi connectivity index (χ4n) is 2.51. The largest absolute Gasteiger partial charge is 0.336 e. The van der Waals surface area contributed by atoms with Crippen molar-refractivity contribution < 1.29 is 9.59 Å². The SMILES string of the molecule is CCCC(=O)N(C)CC(=O)Nc1cc(C(C)(C)C)nn1-c1ccc(Cl)cc1. The maximum absolute atomic E-state index is 12.5. The molecule has 0 bridgehead atoms. The van der Waals surface area contributed by atoms with Crippen molar-refractivity contribution in [2.75, 3.05) is 18.9 Å². The van der Waals surface area contributed by atoms with Crippen LogP contribution in [0.25, 0.3) is 5.69 Å². The molecule has 0 saturated heterocycles. The third kappa shape index (κ3) is 5.57. The number of carbonyl (C=O) groups excluding carboxylic acids is 2. The molecule has 7 heteroatoms. The van der Waals surface area contributed by atoms with Gasteiger partial charge in [-0.15, -0.1) is 0 Å². The second-order valence-electron chi connectivity index (χ2n) is 7.60. The highest BCUT2D eigenvalue weighted by atomic mass is 35.5. The average Bonchev–Trinajstić information content (AvgIpc) is 2.99. The number of nitrogens with zero attached hydrogens (tertiary/aromatic N) is 3. The molecule has 2 aromatic rings. The smallest absolute Gasteiger partial charge is 0.245 e. The number of hydrogen-bond acceptors (Lipinski definition) is 3. The lowest BCUT2D eigenvalue weighted by Crippen LogP contribution is -2.35. The van der Waals surface area contributed by atoms with Crippen LogP contribution in [0.15, 0.2) is 30.3 Å². The molecule has 146 valence electrons. The molecule has 2 amide bonds. The highest BCUT2D eigenvalue weighted by Gasteiger charge is 2.22. The standard InChI is InChI=1S/C20H27ClN4O2/c1-6-7-19(27)24(5)13-18(26)22-17-12-16(20(2,3)4)23-25(17)15-10-8-14(21)9-11-15/h8-12H,6-7,13H2,1-5H3,(H,22,26). The molecule has 27 heavy (non-hydrogen) atoms. The first-order chi connectivity index (χ1) is 12.6. The number of nitrogens with one attached hydrogen (secondary N) is 1. The van der Waals surface area contributed by atoms with Gasteiger partial charge in [0.1, 0.15) is 5.82 Å². The Morgan fingerprint density at radius 3 is 2.41 bits per heavy atom. The van der Waals surface area contributed by atoms with Crippen molar-refractivity contribution in [3.63, 3.8) is 0 Å². The summed E-state index contributed by atoms with van der Waals surface area (Å²) >= 11 is 5.98. The van der Waals surface area contributed by atoms with Gasteiger partial charge in [-0.3, -0.25) is 9.59 Å². The Kier molecular flexibility index (Phi) is 6.65. The van der Waals surface area contributed by atoms with Gasteiger partial charge in [-0.05, 0) is 30.7 Å². The van der Waals surface area contributed by atoms with E-state index in [0.717, 1.165) is 17.8 Å². The molecular weight excluding hydrogens is 364 g/mol. The zero-order chi connectivity index (χ0) is 20.2. The van der Waals surface area contributed by atoms with Crippen molar-refractivity contribution in [2.24, 2.45) is 0 Å². The van der Waals surface area contributed by atoms with E-state index in [9.17, 15) is 9.59 Å². The molecule has 0 aliphatic heterocycles. The second-order valence-corrected chi connectivity index (χ2v) is 8.04. The van der Waals surface area contributed by atoms with E-state index in [1.54, 1.807) is 23.9 Å². The Morgan fingerprint density at radius 1 is 1.22 bits per heavy atom. The van der Waals surface area contributed by atoms with E-state index in [-0.39, 0.29) is 23.8 Å².